The molecule has 12 heavy (non-hydrogen) atoms. The lowest BCUT2D eigenvalue weighted by Crippen LogP contribution is -1.98. The maximum Gasteiger partial charge on any atom is 0.336 e. The number of benzene rings is 1. The molecule has 1 rings (SSSR count). The van der Waals surface area contributed by atoms with Crippen LogP contribution in [0.25, 0.3) is 0 Å². The topological polar surface area (TPSA) is 37.3 Å². The first-order chi connectivity index (χ1) is 5.54. The Morgan fingerprint density at radius 3 is 2.67 bits per heavy atom. The summed E-state index contributed by atoms with van der Waals surface area (Å²) in [5.41, 5.74) is -0.0543. The van der Waals surface area contributed by atoms with E-state index >= 15 is 0 Å². The fourth-order valence-electron chi connectivity index (χ4n) is 0.691. The van der Waals surface area contributed by atoms with Crippen molar-refractivity contribution in [3.8, 4) is 0 Å². The number of carboxylic acid groups (broad SMARTS) is 1. The number of hydrogen-bond donors (Lipinski definition) is 1. The molecule has 0 aliphatic rings. The number of aromatic carboxylic acids is 1. The summed E-state index contributed by atoms with van der Waals surface area (Å²) < 4.78 is 12.7. The van der Waals surface area contributed by atoms with Crippen molar-refractivity contribution in [2.75, 3.05) is 0 Å². The third-order valence-corrected chi connectivity index (χ3v) is 2.69. The Hall–Kier alpha value is -0.610. The van der Waals surface area contributed by atoms with Crippen molar-refractivity contribution in [1.82, 2.24) is 0 Å². The standard InChI is InChI=1S/C7H3BrClFO2/c8-5-3(7(11)12)1-2-4(10)6(5)9/h1-2H,(H,11,12). The van der Waals surface area contributed by atoms with E-state index < -0.39 is 11.8 Å². The lowest BCUT2D eigenvalue weighted by atomic mass is 10.2. The SMILES string of the molecule is O=C(O)c1ccc(F)c(Cl)c1Br. The molecule has 0 unspecified atom stereocenters. The molecule has 5 heteroatoms. The number of rotatable bonds is 1. The molecule has 0 saturated carbocycles. The van der Waals surface area contributed by atoms with Gasteiger partial charge in [-0.2, -0.15) is 0 Å². The summed E-state index contributed by atoms with van der Waals surface area (Å²) in [5, 5.41) is 8.36. The molecule has 1 N–H and O–H groups in total. The van der Waals surface area contributed by atoms with Gasteiger partial charge >= 0.3 is 5.97 Å². The summed E-state index contributed by atoms with van der Waals surface area (Å²) in [4.78, 5) is 10.5. The molecule has 0 amide bonds. The number of halogens is 3. The number of carbonyl (C=O) groups is 1. The Bertz CT molecular complexity index is 340. The molecule has 1 aromatic rings. The molecule has 2 nitrogen and oxygen atoms in total. The highest BCUT2D eigenvalue weighted by Gasteiger charge is 2.13. The van der Waals surface area contributed by atoms with Gasteiger partial charge < -0.3 is 5.11 Å². The zero-order valence-corrected chi connectivity index (χ0v) is 7.99. The number of carboxylic acids is 1. The molecule has 0 heterocycles. The summed E-state index contributed by atoms with van der Waals surface area (Å²) in [6.45, 7) is 0. The van der Waals surface area contributed by atoms with Crippen molar-refractivity contribution < 1.29 is 14.3 Å². The zero-order chi connectivity index (χ0) is 9.30. The van der Waals surface area contributed by atoms with Gasteiger partial charge in [0.1, 0.15) is 5.82 Å². The van der Waals surface area contributed by atoms with E-state index in [1.54, 1.807) is 0 Å². The third-order valence-electron chi connectivity index (χ3n) is 1.27. The van der Waals surface area contributed by atoms with Crippen LogP contribution >= 0.6 is 27.5 Å². The molecule has 0 bridgehead atoms. The van der Waals surface area contributed by atoms with E-state index in [0.717, 1.165) is 12.1 Å². The highest BCUT2D eigenvalue weighted by molar-refractivity contribution is 9.10. The van der Waals surface area contributed by atoms with Gasteiger partial charge in [-0.1, -0.05) is 11.6 Å². The second kappa shape index (κ2) is 3.41. The zero-order valence-electron chi connectivity index (χ0n) is 5.64. The van der Waals surface area contributed by atoms with Crippen LogP contribution in [0.2, 0.25) is 5.02 Å². The minimum atomic E-state index is -1.15. The first-order valence-electron chi connectivity index (χ1n) is 2.91. The molecule has 0 aliphatic carbocycles. The van der Waals surface area contributed by atoms with Gasteiger partial charge in [0.05, 0.1) is 15.1 Å². The molecule has 64 valence electrons. The molecular formula is C7H3BrClFO2. The minimum Gasteiger partial charge on any atom is -0.478 e. The summed E-state index contributed by atoms with van der Waals surface area (Å²) in [6.07, 6.45) is 0. The molecule has 0 saturated heterocycles. The molecule has 0 radical (unpaired) electrons. The average Bonchev–Trinajstić information content (AvgIpc) is 2.00. The second-order valence-corrected chi connectivity index (χ2v) is 3.20. The highest BCUT2D eigenvalue weighted by Crippen LogP contribution is 2.28. The molecular weight excluding hydrogens is 250 g/mol. The van der Waals surface area contributed by atoms with Gasteiger partial charge in [-0.05, 0) is 28.1 Å². The third kappa shape index (κ3) is 1.59. The van der Waals surface area contributed by atoms with E-state index in [0.29, 0.717) is 0 Å². The highest BCUT2D eigenvalue weighted by atomic mass is 79.9. The average molecular weight is 253 g/mol. The molecule has 0 atom stereocenters. The van der Waals surface area contributed by atoms with Crippen LogP contribution in [0.15, 0.2) is 16.6 Å². The quantitative estimate of drug-likeness (QED) is 0.781. The Morgan fingerprint density at radius 1 is 1.58 bits per heavy atom. The van der Waals surface area contributed by atoms with E-state index in [1.807, 2.05) is 0 Å². The van der Waals surface area contributed by atoms with Crippen LogP contribution in [0.3, 0.4) is 0 Å². The second-order valence-electron chi connectivity index (χ2n) is 2.03. The van der Waals surface area contributed by atoms with Crippen LogP contribution in [-0.2, 0) is 0 Å². The molecule has 0 aromatic heterocycles. The Kier molecular flexibility index (Phi) is 2.69. The Balaban J connectivity index is 3.36. The molecule has 0 spiro atoms. The van der Waals surface area contributed by atoms with Crippen LogP contribution in [0, 0.1) is 5.82 Å². The fraction of sp³-hybridized carbons (Fsp3) is 0. The summed E-state index contributed by atoms with van der Waals surface area (Å²) in [7, 11) is 0. The Labute approximate surface area is 81.1 Å². The smallest absolute Gasteiger partial charge is 0.336 e. The maximum atomic E-state index is 12.7. The van der Waals surface area contributed by atoms with Crippen molar-refractivity contribution in [1.29, 1.82) is 0 Å². The summed E-state index contributed by atoms with van der Waals surface area (Å²) in [5.74, 6) is -1.79. The minimum absolute atomic E-state index is 0.0543. The predicted octanol–water partition coefficient (Wildman–Crippen LogP) is 2.94. The van der Waals surface area contributed by atoms with E-state index in [2.05, 4.69) is 15.9 Å². The molecule has 0 fully saturated rings. The van der Waals surface area contributed by atoms with E-state index in [1.165, 1.54) is 0 Å². The van der Waals surface area contributed by atoms with Crippen molar-refractivity contribution in [3.63, 3.8) is 0 Å². The summed E-state index contributed by atoms with van der Waals surface area (Å²) >= 11 is 8.32. The van der Waals surface area contributed by atoms with Crippen LogP contribution in [0.4, 0.5) is 4.39 Å². The molecule has 1 aromatic carbocycles. The van der Waals surface area contributed by atoms with Gasteiger partial charge in [0.2, 0.25) is 0 Å². The van der Waals surface area contributed by atoms with E-state index in [-0.39, 0.29) is 15.1 Å². The monoisotopic (exact) mass is 252 g/mol. The van der Waals surface area contributed by atoms with Crippen molar-refractivity contribution in [3.05, 3.63) is 33.0 Å². The van der Waals surface area contributed by atoms with Gasteiger partial charge in [-0.15, -0.1) is 0 Å². The number of hydrogen-bond acceptors (Lipinski definition) is 1. The van der Waals surface area contributed by atoms with Crippen molar-refractivity contribution in [2.45, 2.75) is 0 Å². The molecule has 0 aliphatic heterocycles. The van der Waals surface area contributed by atoms with Crippen molar-refractivity contribution in [2.24, 2.45) is 0 Å². The lowest BCUT2D eigenvalue weighted by molar-refractivity contribution is 0.0696. The normalized spacial score (nSPS) is 9.92. The van der Waals surface area contributed by atoms with Crippen LogP contribution in [-0.4, -0.2) is 11.1 Å². The van der Waals surface area contributed by atoms with E-state index in [9.17, 15) is 9.18 Å². The fourth-order valence-corrected chi connectivity index (χ4v) is 1.35. The first-order valence-corrected chi connectivity index (χ1v) is 4.08. The van der Waals surface area contributed by atoms with Crippen LogP contribution in [0.1, 0.15) is 10.4 Å². The lowest BCUT2D eigenvalue weighted by Gasteiger charge is -2.01. The summed E-state index contributed by atoms with van der Waals surface area (Å²) in [6, 6.07) is 2.16. The Morgan fingerprint density at radius 2 is 2.17 bits per heavy atom. The van der Waals surface area contributed by atoms with E-state index in [4.69, 9.17) is 16.7 Å². The van der Waals surface area contributed by atoms with Crippen LogP contribution < -0.4 is 0 Å². The van der Waals surface area contributed by atoms with Gasteiger partial charge in [0, 0.05) is 0 Å². The van der Waals surface area contributed by atoms with Gasteiger partial charge in [0.25, 0.3) is 0 Å². The van der Waals surface area contributed by atoms with Gasteiger partial charge in [0.15, 0.2) is 0 Å². The van der Waals surface area contributed by atoms with Gasteiger partial charge in [-0.25, -0.2) is 9.18 Å². The van der Waals surface area contributed by atoms with Crippen LogP contribution in [0.5, 0.6) is 0 Å². The maximum absolute atomic E-state index is 12.7. The first kappa shape index (κ1) is 9.48. The predicted molar refractivity (Wildman–Crippen MR) is 46.1 cm³/mol. The largest absolute Gasteiger partial charge is 0.478 e. The van der Waals surface area contributed by atoms with Crippen molar-refractivity contribution >= 4 is 33.5 Å². The van der Waals surface area contributed by atoms with Gasteiger partial charge in [-0.3, -0.25) is 0 Å².